The molecule has 1 aliphatic rings. The highest BCUT2D eigenvalue weighted by molar-refractivity contribution is 6.17. The molecule has 2 aromatic carbocycles. The van der Waals surface area contributed by atoms with Gasteiger partial charge in [-0.3, -0.25) is 9.59 Å². The van der Waals surface area contributed by atoms with Crippen molar-refractivity contribution < 1.29 is 22.8 Å². The average Bonchev–Trinajstić information content (AvgIpc) is 2.35. The molecule has 0 saturated carbocycles. The number of halogens is 3. The van der Waals surface area contributed by atoms with Crippen LogP contribution in [0.3, 0.4) is 0 Å². The molecular formula is C15H9F3O2. The van der Waals surface area contributed by atoms with Gasteiger partial charge in [0.15, 0.2) is 17.5 Å². The first-order valence-electron chi connectivity index (χ1n) is 6.03. The topological polar surface area (TPSA) is 34.1 Å². The van der Waals surface area contributed by atoms with E-state index in [-0.39, 0.29) is 12.0 Å². The van der Waals surface area contributed by atoms with Crippen molar-refractivity contribution in [3.8, 4) is 0 Å². The molecule has 0 aromatic heterocycles. The molecule has 1 unspecified atom stereocenters. The molecule has 5 heteroatoms. The number of carbonyl (C=O) groups is 2. The summed E-state index contributed by atoms with van der Waals surface area (Å²) < 4.78 is 38.4. The maximum atomic E-state index is 12.8. The average molecular weight is 278 g/mol. The Morgan fingerprint density at radius 3 is 2.20 bits per heavy atom. The van der Waals surface area contributed by atoms with Gasteiger partial charge < -0.3 is 0 Å². The second-order valence-corrected chi connectivity index (χ2v) is 4.84. The highest BCUT2D eigenvalue weighted by atomic mass is 19.4. The molecular weight excluding hydrogens is 269 g/mol. The van der Waals surface area contributed by atoms with Crippen molar-refractivity contribution in [2.45, 2.75) is 12.6 Å². The van der Waals surface area contributed by atoms with Crippen LogP contribution in [-0.2, 0) is 11.2 Å². The number of rotatable bonds is 0. The summed E-state index contributed by atoms with van der Waals surface area (Å²) in [6.45, 7) is 0. The van der Waals surface area contributed by atoms with E-state index in [1.54, 1.807) is 30.3 Å². The van der Waals surface area contributed by atoms with E-state index in [1.807, 2.05) is 0 Å². The molecule has 2 nitrogen and oxygen atoms in total. The number of ketones is 2. The monoisotopic (exact) mass is 278 g/mol. The first-order chi connectivity index (χ1) is 9.38. The van der Waals surface area contributed by atoms with E-state index in [0.717, 1.165) is 5.39 Å². The van der Waals surface area contributed by atoms with E-state index < -0.39 is 23.7 Å². The van der Waals surface area contributed by atoms with Crippen LogP contribution in [0.25, 0.3) is 10.8 Å². The minimum absolute atomic E-state index is 0.00521. The zero-order valence-electron chi connectivity index (χ0n) is 10.2. The zero-order chi connectivity index (χ0) is 14.5. The van der Waals surface area contributed by atoms with E-state index in [9.17, 15) is 22.8 Å². The van der Waals surface area contributed by atoms with Crippen molar-refractivity contribution >= 4 is 22.3 Å². The summed E-state index contributed by atoms with van der Waals surface area (Å²) in [6, 6.07) is 10.1. The molecule has 0 saturated heterocycles. The van der Waals surface area contributed by atoms with E-state index in [4.69, 9.17) is 0 Å². The number of benzene rings is 2. The predicted molar refractivity (Wildman–Crippen MR) is 66.5 cm³/mol. The second-order valence-electron chi connectivity index (χ2n) is 4.84. The lowest BCUT2D eigenvalue weighted by Crippen LogP contribution is -2.41. The Kier molecular flexibility index (Phi) is 2.67. The molecule has 1 atom stereocenters. The molecule has 1 aliphatic carbocycles. The summed E-state index contributed by atoms with van der Waals surface area (Å²) in [5.41, 5.74) is 0.379. The Bertz CT molecular complexity index is 731. The smallest absolute Gasteiger partial charge is 0.298 e. The third-order valence-corrected chi connectivity index (χ3v) is 3.51. The van der Waals surface area contributed by atoms with E-state index in [0.29, 0.717) is 10.9 Å². The third kappa shape index (κ3) is 1.90. The van der Waals surface area contributed by atoms with Crippen LogP contribution in [0, 0.1) is 5.92 Å². The maximum Gasteiger partial charge on any atom is 0.405 e. The Labute approximate surface area is 112 Å². The number of Topliss-reactive ketones (excluding diaryl/α,β-unsaturated/α-hetero) is 2. The molecule has 3 rings (SSSR count). The van der Waals surface area contributed by atoms with Crippen LogP contribution in [0.4, 0.5) is 13.2 Å². The van der Waals surface area contributed by atoms with Gasteiger partial charge >= 0.3 is 6.18 Å². The molecule has 0 fully saturated rings. The van der Waals surface area contributed by atoms with Crippen LogP contribution in [0.5, 0.6) is 0 Å². The van der Waals surface area contributed by atoms with Gasteiger partial charge in [-0.2, -0.15) is 13.2 Å². The fraction of sp³-hybridized carbons (Fsp3) is 0.200. The number of fused-ring (bicyclic) bond motifs is 2. The standard InChI is InChI=1S/C15H9F3O2/c16-15(17,18)13-12(19)7-10-5-8-3-1-2-4-9(8)6-11(10)14(13)20/h1-6,13H,7H2. The van der Waals surface area contributed by atoms with Gasteiger partial charge in [0.2, 0.25) is 0 Å². The molecule has 0 bridgehead atoms. The van der Waals surface area contributed by atoms with Gasteiger partial charge in [0.1, 0.15) is 0 Å². The van der Waals surface area contributed by atoms with Crippen LogP contribution in [0.1, 0.15) is 15.9 Å². The van der Waals surface area contributed by atoms with Crippen LogP contribution in [0.2, 0.25) is 0 Å². The van der Waals surface area contributed by atoms with Gasteiger partial charge in [-0.15, -0.1) is 0 Å². The molecule has 102 valence electrons. The Balaban J connectivity index is 2.20. The first-order valence-corrected chi connectivity index (χ1v) is 6.03. The van der Waals surface area contributed by atoms with Crippen molar-refractivity contribution in [3.05, 3.63) is 47.5 Å². The quantitative estimate of drug-likeness (QED) is 0.693. The molecule has 2 aromatic rings. The first kappa shape index (κ1) is 12.8. The van der Waals surface area contributed by atoms with Crippen molar-refractivity contribution in [1.82, 2.24) is 0 Å². The number of alkyl halides is 3. The van der Waals surface area contributed by atoms with Gasteiger partial charge in [0.05, 0.1) is 0 Å². The minimum Gasteiger partial charge on any atom is -0.298 e. The fourth-order valence-electron chi connectivity index (χ4n) is 2.59. The third-order valence-electron chi connectivity index (χ3n) is 3.51. The molecule has 20 heavy (non-hydrogen) atoms. The summed E-state index contributed by atoms with van der Waals surface area (Å²) in [4.78, 5) is 23.6. The fourth-order valence-corrected chi connectivity index (χ4v) is 2.59. The summed E-state index contributed by atoms with van der Waals surface area (Å²) in [5.74, 6) is -4.74. The van der Waals surface area contributed by atoms with Crippen molar-refractivity contribution in [1.29, 1.82) is 0 Å². The van der Waals surface area contributed by atoms with Crippen LogP contribution in [-0.4, -0.2) is 17.7 Å². The molecule has 0 N–H and O–H groups in total. The summed E-state index contributed by atoms with van der Waals surface area (Å²) >= 11 is 0. The number of carbonyl (C=O) groups excluding carboxylic acids is 2. The van der Waals surface area contributed by atoms with E-state index in [1.165, 1.54) is 6.07 Å². The maximum absolute atomic E-state index is 12.8. The molecule has 0 amide bonds. The summed E-state index contributed by atoms with van der Waals surface area (Å²) in [5, 5.41) is 1.49. The van der Waals surface area contributed by atoms with Crippen LogP contribution in [0.15, 0.2) is 36.4 Å². The zero-order valence-corrected chi connectivity index (χ0v) is 10.2. The normalized spacial score (nSPS) is 19.2. The lowest BCUT2D eigenvalue weighted by molar-refractivity contribution is -0.170. The Morgan fingerprint density at radius 1 is 1.00 bits per heavy atom. The number of hydrogen-bond acceptors (Lipinski definition) is 2. The largest absolute Gasteiger partial charge is 0.405 e. The van der Waals surface area contributed by atoms with Crippen molar-refractivity contribution in [2.24, 2.45) is 5.92 Å². The van der Waals surface area contributed by atoms with Crippen molar-refractivity contribution in [2.75, 3.05) is 0 Å². The van der Waals surface area contributed by atoms with Crippen LogP contribution >= 0.6 is 0 Å². The highest BCUT2D eigenvalue weighted by Crippen LogP contribution is 2.36. The van der Waals surface area contributed by atoms with Crippen molar-refractivity contribution in [3.63, 3.8) is 0 Å². The van der Waals surface area contributed by atoms with Gasteiger partial charge in [-0.1, -0.05) is 24.3 Å². The predicted octanol–water partition coefficient (Wildman–Crippen LogP) is 3.33. The van der Waals surface area contributed by atoms with E-state index in [2.05, 4.69) is 0 Å². The molecule has 0 spiro atoms. The molecule has 0 radical (unpaired) electrons. The van der Waals surface area contributed by atoms with Gasteiger partial charge in [-0.25, -0.2) is 0 Å². The Morgan fingerprint density at radius 2 is 1.60 bits per heavy atom. The summed E-state index contributed by atoms with van der Waals surface area (Å²) in [7, 11) is 0. The SMILES string of the molecule is O=C1Cc2cc3ccccc3cc2C(=O)C1C(F)(F)F. The second kappa shape index (κ2) is 4.16. The lowest BCUT2D eigenvalue weighted by atomic mass is 9.80. The van der Waals surface area contributed by atoms with Gasteiger partial charge in [0, 0.05) is 12.0 Å². The van der Waals surface area contributed by atoms with Gasteiger partial charge in [-0.05, 0) is 28.5 Å². The highest BCUT2D eigenvalue weighted by Gasteiger charge is 2.52. The molecule has 0 heterocycles. The minimum atomic E-state index is -4.82. The summed E-state index contributed by atoms with van der Waals surface area (Å²) in [6.07, 6.45) is -5.17. The molecule has 0 aliphatic heterocycles. The number of hydrogen-bond donors (Lipinski definition) is 0. The Hall–Kier alpha value is -2.17. The van der Waals surface area contributed by atoms with E-state index >= 15 is 0 Å². The lowest BCUT2D eigenvalue weighted by Gasteiger charge is -2.24. The van der Waals surface area contributed by atoms with Crippen LogP contribution < -0.4 is 0 Å². The van der Waals surface area contributed by atoms with Gasteiger partial charge in [0.25, 0.3) is 0 Å².